The third-order valence-corrected chi connectivity index (χ3v) is 10.6. The maximum atomic E-state index is 12.4. The Hall–Kier alpha value is -2.08. The first-order valence-corrected chi connectivity index (χ1v) is 12.8. The number of hydrogen-bond donors (Lipinski definition) is 0. The van der Waals surface area contributed by atoms with Gasteiger partial charge in [-0.1, -0.05) is 25.5 Å². The molecule has 3 heterocycles. The zero-order valence-corrected chi connectivity index (χ0v) is 20.9. The van der Waals surface area contributed by atoms with E-state index in [-0.39, 0.29) is 52.2 Å². The van der Waals surface area contributed by atoms with Gasteiger partial charge in [0.1, 0.15) is 12.7 Å². The number of carbonyl (C=O) groups excluding carboxylic acids is 2. The number of cyclic esters (lactones) is 1. The highest BCUT2D eigenvalue weighted by Gasteiger charge is 2.75. The summed E-state index contributed by atoms with van der Waals surface area (Å²) in [6.07, 6.45) is 9.66. The molecule has 4 fully saturated rings. The summed E-state index contributed by atoms with van der Waals surface area (Å²) in [5, 5.41) is 0. The molecule has 2 aliphatic heterocycles. The number of fused-ring (bicyclic) bond motifs is 3. The van der Waals surface area contributed by atoms with Crippen LogP contribution >= 0.6 is 0 Å². The standard InChI is InChI=1S/C28H36O6/c1-16(29)33-22-12-21-25(2,3)34-23-13-24(30)32-15-28(21,23)20-8-10-26(4)18(17-9-11-31-14-17)6-7-19(26)27(20,22)5/h7,9,11,14,18,20-23H,6,8,10,12-13,15H2,1-5H3/t18-,20+,21-,22-,23+,26+,27+,28+/m1/s1. The van der Waals surface area contributed by atoms with Crippen LogP contribution in [0, 0.1) is 28.1 Å². The van der Waals surface area contributed by atoms with E-state index in [1.165, 1.54) is 18.1 Å². The molecular formula is C28H36O6. The molecule has 0 radical (unpaired) electrons. The second kappa shape index (κ2) is 6.99. The Morgan fingerprint density at radius 2 is 1.97 bits per heavy atom. The molecular weight excluding hydrogens is 432 g/mol. The van der Waals surface area contributed by atoms with E-state index in [9.17, 15) is 9.59 Å². The van der Waals surface area contributed by atoms with Crippen LogP contribution in [0.25, 0.3) is 0 Å². The van der Waals surface area contributed by atoms with E-state index in [0.717, 1.165) is 25.7 Å². The van der Waals surface area contributed by atoms with Gasteiger partial charge in [-0.25, -0.2) is 0 Å². The lowest BCUT2D eigenvalue weighted by molar-refractivity contribution is -0.209. The van der Waals surface area contributed by atoms with Gasteiger partial charge in [0.15, 0.2) is 0 Å². The first kappa shape index (κ1) is 22.4. The molecule has 1 aromatic heterocycles. The Kier molecular flexibility index (Phi) is 4.60. The van der Waals surface area contributed by atoms with Gasteiger partial charge in [-0.3, -0.25) is 9.59 Å². The molecule has 0 aromatic carbocycles. The van der Waals surface area contributed by atoms with Crippen LogP contribution in [0.15, 0.2) is 34.7 Å². The van der Waals surface area contributed by atoms with Crippen LogP contribution in [0.1, 0.15) is 78.2 Å². The molecule has 3 aliphatic carbocycles. The molecule has 2 saturated heterocycles. The average molecular weight is 469 g/mol. The van der Waals surface area contributed by atoms with Crippen molar-refractivity contribution in [1.82, 2.24) is 0 Å². The number of carbonyl (C=O) groups is 2. The van der Waals surface area contributed by atoms with Crippen LogP contribution in [0.4, 0.5) is 0 Å². The van der Waals surface area contributed by atoms with Crippen molar-refractivity contribution < 1.29 is 28.2 Å². The molecule has 0 amide bonds. The summed E-state index contributed by atoms with van der Waals surface area (Å²) in [5.74, 6) is 0.295. The Morgan fingerprint density at radius 3 is 2.68 bits per heavy atom. The minimum Gasteiger partial charge on any atom is -0.472 e. The third-order valence-electron chi connectivity index (χ3n) is 10.6. The molecule has 6 heteroatoms. The summed E-state index contributed by atoms with van der Waals surface area (Å²) >= 11 is 0. The minimum atomic E-state index is -0.414. The Balaban J connectivity index is 1.49. The van der Waals surface area contributed by atoms with Gasteiger partial charge in [-0.2, -0.15) is 0 Å². The second-order valence-corrected chi connectivity index (χ2v) is 12.3. The van der Waals surface area contributed by atoms with Gasteiger partial charge in [0.2, 0.25) is 0 Å². The SMILES string of the molecule is CC(=O)O[C@@H]1C[C@@H]2C(C)(C)O[C@H]3CC(=O)OC[C@@]32[C@H]2CC[C@]3(C)C(=CC[C@@H]3c3ccoc3)[C@]12C. The first-order valence-electron chi connectivity index (χ1n) is 12.8. The summed E-state index contributed by atoms with van der Waals surface area (Å²) in [6, 6.07) is 2.09. The lowest BCUT2D eigenvalue weighted by Gasteiger charge is -2.65. The van der Waals surface area contributed by atoms with Crippen molar-refractivity contribution in [2.45, 2.75) is 90.4 Å². The number of hydrogen-bond acceptors (Lipinski definition) is 6. The predicted molar refractivity (Wildman–Crippen MR) is 124 cm³/mol. The third kappa shape index (κ3) is 2.66. The largest absolute Gasteiger partial charge is 0.472 e. The fourth-order valence-electron chi connectivity index (χ4n) is 9.37. The van der Waals surface area contributed by atoms with E-state index in [4.69, 9.17) is 18.6 Å². The fraction of sp³-hybridized carbons (Fsp3) is 0.714. The smallest absolute Gasteiger partial charge is 0.308 e. The van der Waals surface area contributed by atoms with Crippen molar-refractivity contribution in [2.24, 2.45) is 28.1 Å². The van der Waals surface area contributed by atoms with Gasteiger partial charge in [-0.15, -0.1) is 0 Å². The van der Waals surface area contributed by atoms with Crippen LogP contribution in [-0.2, 0) is 23.8 Å². The van der Waals surface area contributed by atoms with Crippen molar-refractivity contribution in [3.8, 4) is 0 Å². The highest BCUT2D eigenvalue weighted by Crippen LogP contribution is 2.74. The van der Waals surface area contributed by atoms with Crippen molar-refractivity contribution in [3.63, 3.8) is 0 Å². The van der Waals surface area contributed by atoms with Crippen LogP contribution in [0.5, 0.6) is 0 Å². The maximum Gasteiger partial charge on any atom is 0.308 e. The Bertz CT molecular complexity index is 1050. The normalized spacial score (nSPS) is 46.4. The van der Waals surface area contributed by atoms with Crippen LogP contribution in [-0.4, -0.2) is 36.4 Å². The highest BCUT2D eigenvalue weighted by atomic mass is 16.6. The quantitative estimate of drug-likeness (QED) is 0.440. The van der Waals surface area contributed by atoms with Gasteiger partial charge in [0.25, 0.3) is 0 Å². The van der Waals surface area contributed by atoms with Crippen LogP contribution in [0.3, 0.4) is 0 Å². The van der Waals surface area contributed by atoms with Gasteiger partial charge >= 0.3 is 11.9 Å². The van der Waals surface area contributed by atoms with E-state index < -0.39 is 5.60 Å². The molecule has 184 valence electrons. The summed E-state index contributed by atoms with van der Waals surface area (Å²) in [5.41, 5.74) is 1.58. The summed E-state index contributed by atoms with van der Waals surface area (Å²) in [6.45, 7) is 10.9. The summed E-state index contributed by atoms with van der Waals surface area (Å²) in [4.78, 5) is 24.7. The van der Waals surface area contributed by atoms with E-state index in [0.29, 0.717) is 18.9 Å². The zero-order valence-electron chi connectivity index (χ0n) is 20.9. The van der Waals surface area contributed by atoms with Crippen molar-refractivity contribution in [1.29, 1.82) is 0 Å². The average Bonchev–Trinajstić information content (AvgIpc) is 3.43. The number of esters is 2. The first-order chi connectivity index (χ1) is 16.0. The van der Waals surface area contributed by atoms with Gasteiger partial charge in [-0.05, 0) is 68.4 Å². The van der Waals surface area contributed by atoms with Gasteiger partial charge in [0.05, 0.1) is 30.7 Å². The molecule has 1 spiro atoms. The molecule has 6 nitrogen and oxygen atoms in total. The minimum absolute atomic E-state index is 0.0349. The molecule has 1 aromatic rings. The molecule has 8 atom stereocenters. The number of allylic oxidation sites excluding steroid dienone is 1. The Labute approximate surface area is 201 Å². The maximum absolute atomic E-state index is 12.4. The van der Waals surface area contributed by atoms with E-state index >= 15 is 0 Å². The van der Waals surface area contributed by atoms with E-state index in [1.807, 2.05) is 6.26 Å². The van der Waals surface area contributed by atoms with Crippen molar-refractivity contribution >= 4 is 11.9 Å². The van der Waals surface area contributed by atoms with Gasteiger partial charge < -0.3 is 18.6 Å². The van der Waals surface area contributed by atoms with Crippen molar-refractivity contribution in [3.05, 3.63) is 35.8 Å². The monoisotopic (exact) mass is 468 g/mol. The lowest BCUT2D eigenvalue weighted by Crippen LogP contribution is -2.66. The van der Waals surface area contributed by atoms with Crippen LogP contribution in [0.2, 0.25) is 0 Å². The molecule has 0 bridgehead atoms. The van der Waals surface area contributed by atoms with E-state index in [1.54, 1.807) is 6.26 Å². The van der Waals surface area contributed by atoms with Crippen molar-refractivity contribution in [2.75, 3.05) is 6.61 Å². The molecule has 6 rings (SSSR count). The highest BCUT2D eigenvalue weighted by molar-refractivity contribution is 5.71. The topological polar surface area (TPSA) is 75.0 Å². The molecule has 2 saturated carbocycles. The number of rotatable bonds is 2. The second-order valence-electron chi connectivity index (χ2n) is 12.3. The predicted octanol–water partition coefficient (Wildman–Crippen LogP) is 5.18. The lowest BCUT2D eigenvalue weighted by atomic mass is 9.39. The molecule has 0 N–H and O–H groups in total. The van der Waals surface area contributed by atoms with Crippen LogP contribution < -0.4 is 0 Å². The molecule has 34 heavy (non-hydrogen) atoms. The summed E-state index contributed by atoms with van der Waals surface area (Å²) < 4.78 is 24.1. The fourth-order valence-corrected chi connectivity index (χ4v) is 9.37. The molecule has 0 unspecified atom stereocenters. The van der Waals surface area contributed by atoms with E-state index in [2.05, 4.69) is 39.8 Å². The number of furan rings is 1. The van der Waals surface area contributed by atoms with Gasteiger partial charge in [0, 0.05) is 23.7 Å². The number of ether oxygens (including phenoxy) is 3. The summed E-state index contributed by atoms with van der Waals surface area (Å²) in [7, 11) is 0. The Morgan fingerprint density at radius 1 is 1.18 bits per heavy atom. The zero-order chi connectivity index (χ0) is 24.1. The molecule has 5 aliphatic rings.